The molecule has 3 N–H and O–H groups in total. The highest BCUT2D eigenvalue weighted by atomic mass is 16.5. The number of quaternary nitrogens is 1. The van der Waals surface area contributed by atoms with Gasteiger partial charge in [0.05, 0.1) is 7.11 Å². The van der Waals surface area contributed by atoms with E-state index in [1.807, 2.05) is 48.5 Å². The van der Waals surface area contributed by atoms with Crippen LogP contribution < -0.4 is 10.1 Å². The van der Waals surface area contributed by atoms with Crippen LogP contribution in [0.1, 0.15) is 17.2 Å². The second-order valence-electron chi connectivity index (χ2n) is 4.51. The van der Waals surface area contributed by atoms with E-state index in [4.69, 9.17) is 4.74 Å². The Bertz CT molecular complexity index is 499. The van der Waals surface area contributed by atoms with Crippen LogP contribution >= 0.6 is 0 Å². The van der Waals surface area contributed by atoms with E-state index < -0.39 is 6.10 Å². The molecule has 0 aliphatic carbocycles. The molecule has 2 aromatic rings. The average molecular weight is 258 g/mol. The van der Waals surface area contributed by atoms with Gasteiger partial charge in [0, 0.05) is 5.56 Å². The van der Waals surface area contributed by atoms with E-state index in [0.717, 1.165) is 17.9 Å². The zero-order valence-electron chi connectivity index (χ0n) is 11.1. The first-order valence-corrected chi connectivity index (χ1v) is 6.47. The second-order valence-corrected chi connectivity index (χ2v) is 4.51. The van der Waals surface area contributed by atoms with Crippen LogP contribution in [-0.4, -0.2) is 18.8 Å². The summed E-state index contributed by atoms with van der Waals surface area (Å²) in [7, 11) is 1.67. The number of aliphatic hydroxyl groups is 1. The van der Waals surface area contributed by atoms with Crippen molar-refractivity contribution in [2.24, 2.45) is 0 Å². The van der Waals surface area contributed by atoms with E-state index in [1.165, 1.54) is 5.56 Å². The molecule has 0 heterocycles. The minimum Gasteiger partial charge on any atom is -0.497 e. The zero-order chi connectivity index (χ0) is 13.5. The number of benzene rings is 2. The molecule has 2 rings (SSSR count). The molecule has 0 saturated heterocycles. The number of methoxy groups -OCH3 is 1. The topological polar surface area (TPSA) is 46.1 Å². The van der Waals surface area contributed by atoms with Gasteiger partial charge in [0.1, 0.15) is 24.9 Å². The van der Waals surface area contributed by atoms with Crippen LogP contribution in [0.25, 0.3) is 0 Å². The molecule has 0 bridgehead atoms. The third kappa shape index (κ3) is 4.09. The van der Waals surface area contributed by atoms with Gasteiger partial charge >= 0.3 is 0 Å². The molecule has 0 radical (unpaired) electrons. The van der Waals surface area contributed by atoms with E-state index in [0.29, 0.717) is 6.54 Å². The van der Waals surface area contributed by atoms with Gasteiger partial charge in [-0.3, -0.25) is 0 Å². The predicted molar refractivity (Wildman–Crippen MR) is 74.9 cm³/mol. The zero-order valence-corrected chi connectivity index (χ0v) is 11.1. The van der Waals surface area contributed by atoms with E-state index in [-0.39, 0.29) is 0 Å². The summed E-state index contributed by atoms with van der Waals surface area (Å²) in [5.74, 6) is 0.870. The Hall–Kier alpha value is -1.84. The lowest BCUT2D eigenvalue weighted by atomic mass is 10.1. The average Bonchev–Trinajstić information content (AvgIpc) is 2.48. The molecule has 0 aliphatic rings. The Morgan fingerprint density at radius 3 is 2.63 bits per heavy atom. The van der Waals surface area contributed by atoms with Gasteiger partial charge < -0.3 is 15.2 Å². The number of hydrogen-bond acceptors (Lipinski definition) is 2. The molecular formula is C16H20NO2+. The Kier molecular flexibility index (Phi) is 4.95. The lowest BCUT2D eigenvalue weighted by Crippen LogP contribution is -2.83. The smallest absolute Gasteiger partial charge is 0.128 e. The summed E-state index contributed by atoms with van der Waals surface area (Å²) >= 11 is 0. The molecule has 19 heavy (non-hydrogen) atoms. The van der Waals surface area contributed by atoms with Gasteiger partial charge in [-0.1, -0.05) is 42.5 Å². The highest BCUT2D eigenvalue weighted by Gasteiger charge is 2.08. The minimum atomic E-state index is -0.424. The van der Waals surface area contributed by atoms with Crippen LogP contribution in [0.3, 0.4) is 0 Å². The van der Waals surface area contributed by atoms with Crippen LogP contribution in [0.4, 0.5) is 0 Å². The molecule has 3 nitrogen and oxygen atoms in total. The highest BCUT2D eigenvalue weighted by molar-refractivity contribution is 5.27. The first-order valence-electron chi connectivity index (χ1n) is 6.47. The van der Waals surface area contributed by atoms with E-state index in [1.54, 1.807) is 7.11 Å². The summed E-state index contributed by atoms with van der Waals surface area (Å²) in [5.41, 5.74) is 2.16. The third-order valence-corrected chi connectivity index (χ3v) is 3.09. The summed E-state index contributed by atoms with van der Waals surface area (Å²) in [6, 6.07) is 17.7. The van der Waals surface area contributed by atoms with Crippen molar-refractivity contribution in [1.29, 1.82) is 0 Å². The van der Waals surface area contributed by atoms with Crippen LogP contribution in [-0.2, 0) is 6.54 Å². The molecule has 2 aromatic carbocycles. The Labute approximate surface area is 113 Å². The van der Waals surface area contributed by atoms with Crippen molar-refractivity contribution < 1.29 is 15.2 Å². The SMILES string of the molecule is COc1cccc(C[NH2+]C[C@@H](O)c2ccccc2)c1. The summed E-state index contributed by atoms with van der Waals surface area (Å²) in [4.78, 5) is 0. The maximum atomic E-state index is 10.0. The van der Waals surface area contributed by atoms with Crippen LogP contribution in [0.2, 0.25) is 0 Å². The number of rotatable bonds is 6. The number of nitrogens with two attached hydrogens (primary N) is 1. The predicted octanol–water partition coefficient (Wildman–Crippen LogP) is 1.49. The van der Waals surface area contributed by atoms with Crippen LogP contribution in [0, 0.1) is 0 Å². The summed E-state index contributed by atoms with van der Waals surface area (Å²) in [6.07, 6.45) is -0.424. The molecule has 0 spiro atoms. The molecule has 0 aliphatic heterocycles. The number of hydrogen-bond donors (Lipinski definition) is 2. The van der Waals surface area contributed by atoms with Gasteiger partial charge in [-0.15, -0.1) is 0 Å². The lowest BCUT2D eigenvalue weighted by molar-refractivity contribution is -0.677. The highest BCUT2D eigenvalue weighted by Crippen LogP contribution is 2.12. The van der Waals surface area contributed by atoms with Gasteiger partial charge in [0.15, 0.2) is 0 Å². The van der Waals surface area contributed by atoms with Crippen molar-refractivity contribution in [2.45, 2.75) is 12.6 Å². The van der Waals surface area contributed by atoms with Crippen molar-refractivity contribution in [1.82, 2.24) is 0 Å². The van der Waals surface area contributed by atoms with E-state index >= 15 is 0 Å². The number of ether oxygens (including phenoxy) is 1. The molecule has 1 atom stereocenters. The Balaban J connectivity index is 1.83. The quantitative estimate of drug-likeness (QED) is 0.824. The largest absolute Gasteiger partial charge is 0.497 e. The fourth-order valence-corrected chi connectivity index (χ4v) is 2.02. The van der Waals surface area contributed by atoms with Crippen molar-refractivity contribution in [3.8, 4) is 5.75 Å². The molecule has 0 amide bonds. The second kappa shape index (κ2) is 6.92. The third-order valence-electron chi connectivity index (χ3n) is 3.09. The fraction of sp³-hybridized carbons (Fsp3) is 0.250. The normalized spacial score (nSPS) is 12.1. The van der Waals surface area contributed by atoms with E-state index in [9.17, 15) is 5.11 Å². The van der Waals surface area contributed by atoms with Crippen molar-refractivity contribution >= 4 is 0 Å². The molecular weight excluding hydrogens is 238 g/mol. The Morgan fingerprint density at radius 1 is 1.11 bits per heavy atom. The molecule has 100 valence electrons. The molecule has 0 saturated carbocycles. The summed E-state index contributed by atoms with van der Waals surface area (Å²) in [6.45, 7) is 1.49. The monoisotopic (exact) mass is 258 g/mol. The standard InChI is InChI=1S/C16H19NO2/c1-19-15-9-5-6-13(10-15)11-17-12-16(18)14-7-3-2-4-8-14/h2-10,16-18H,11-12H2,1H3/p+1/t16-/m1/s1. The van der Waals surface area contributed by atoms with Gasteiger partial charge in [-0.2, -0.15) is 0 Å². The molecule has 3 heteroatoms. The number of aliphatic hydroxyl groups excluding tert-OH is 1. The maximum Gasteiger partial charge on any atom is 0.128 e. The molecule has 0 aromatic heterocycles. The molecule has 0 fully saturated rings. The first-order chi connectivity index (χ1) is 9.29. The van der Waals surface area contributed by atoms with Crippen LogP contribution in [0.15, 0.2) is 54.6 Å². The van der Waals surface area contributed by atoms with E-state index in [2.05, 4.69) is 11.4 Å². The van der Waals surface area contributed by atoms with Gasteiger partial charge in [-0.05, 0) is 17.7 Å². The van der Waals surface area contributed by atoms with Gasteiger partial charge in [0.2, 0.25) is 0 Å². The minimum absolute atomic E-state index is 0.424. The van der Waals surface area contributed by atoms with Gasteiger partial charge in [-0.25, -0.2) is 0 Å². The van der Waals surface area contributed by atoms with Gasteiger partial charge in [0.25, 0.3) is 0 Å². The summed E-state index contributed by atoms with van der Waals surface area (Å²) < 4.78 is 5.19. The lowest BCUT2D eigenvalue weighted by Gasteiger charge is -2.10. The van der Waals surface area contributed by atoms with Crippen molar-refractivity contribution in [3.05, 3.63) is 65.7 Å². The molecule has 0 unspecified atom stereocenters. The van der Waals surface area contributed by atoms with Crippen molar-refractivity contribution in [3.63, 3.8) is 0 Å². The fourth-order valence-electron chi connectivity index (χ4n) is 2.02. The first kappa shape index (κ1) is 13.6. The van der Waals surface area contributed by atoms with Crippen molar-refractivity contribution in [2.75, 3.05) is 13.7 Å². The Morgan fingerprint density at radius 2 is 1.89 bits per heavy atom. The summed E-state index contributed by atoms with van der Waals surface area (Å²) in [5, 5.41) is 12.1. The maximum absolute atomic E-state index is 10.0. The van der Waals surface area contributed by atoms with Crippen LogP contribution in [0.5, 0.6) is 5.75 Å².